The summed E-state index contributed by atoms with van der Waals surface area (Å²) in [7, 11) is -4.36. The highest BCUT2D eigenvalue weighted by Crippen LogP contribution is 2.47. The molecule has 0 bridgehead atoms. The van der Waals surface area contributed by atoms with Crippen molar-refractivity contribution < 1.29 is 33.2 Å². The number of phosphoric acid groups is 1. The molecule has 2 amide bonds. The van der Waals surface area contributed by atoms with Gasteiger partial charge in [-0.15, -0.1) is 0 Å². The third-order valence-electron chi connectivity index (χ3n) is 6.01. The van der Waals surface area contributed by atoms with Gasteiger partial charge < -0.3 is 20.6 Å². The molecule has 36 heavy (non-hydrogen) atoms. The number of amides is 2. The van der Waals surface area contributed by atoms with Crippen LogP contribution in [0.4, 0.5) is 0 Å². The summed E-state index contributed by atoms with van der Waals surface area (Å²) < 4.78 is 23.0. The molecule has 0 spiro atoms. The average Bonchev–Trinajstić information content (AvgIpc) is 2.78. The molecule has 0 saturated heterocycles. The van der Waals surface area contributed by atoms with Gasteiger partial charge in [-0.3, -0.25) is 18.6 Å². The fourth-order valence-corrected chi connectivity index (χ4v) is 5.00. The van der Waals surface area contributed by atoms with Crippen LogP contribution in [-0.2, 0) is 23.2 Å². The van der Waals surface area contributed by atoms with Crippen molar-refractivity contribution in [1.82, 2.24) is 10.6 Å². The molecule has 0 aromatic carbocycles. The predicted molar refractivity (Wildman–Crippen MR) is 147 cm³/mol. The van der Waals surface area contributed by atoms with Gasteiger partial charge in [-0.1, -0.05) is 74.7 Å². The Morgan fingerprint density at radius 2 is 1.58 bits per heavy atom. The maximum atomic E-state index is 12.4. The quantitative estimate of drug-likeness (QED) is 0.134. The third-order valence-corrected chi connectivity index (χ3v) is 8.20. The zero-order valence-electron chi connectivity index (χ0n) is 23.6. The summed E-state index contributed by atoms with van der Waals surface area (Å²) in [6.07, 6.45) is 3.48. The van der Waals surface area contributed by atoms with E-state index in [1.54, 1.807) is 25.6 Å². The van der Waals surface area contributed by atoms with Crippen LogP contribution in [0.5, 0.6) is 0 Å². The molecule has 0 aromatic rings. The molecule has 11 heteroatoms. The molecule has 3 unspecified atom stereocenters. The monoisotopic (exact) mass is 554 g/mol. The van der Waals surface area contributed by atoms with Gasteiger partial charge in [0.25, 0.3) is 0 Å². The van der Waals surface area contributed by atoms with Gasteiger partial charge in [0.05, 0.1) is 13.2 Å². The normalized spacial score (nSPS) is 16.6. The number of aliphatic hydroxyl groups excluding tert-OH is 1. The number of aliphatic hydroxyl groups is 1. The van der Waals surface area contributed by atoms with Gasteiger partial charge in [0.15, 0.2) is 0 Å². The molecule has 0 rings (SSSR count). The highest BCUT2D eigenvalue weighted by atomic mass is 32.2. The second-order valence-electron chi connectivity index (χ2n) is 11.4. The first-order valence-electron chi connectivity index (χ1n) is 13.0. The van der Waals surface area contributed by atoms with Crippen molar-refractivity contribution in [3.63, 3.8) is 0 Å². The molecule has 0 saturated carbocycles. The number of carbonyl (C=O) groups excluding carboxylic acids is 2. The first kappa shape index (κ1) is 35.4. The molecule has 0 heterocycles. The number of phosphoric ester groups is 1. The molecule has 4 N–H and O–H groups in total. The summed E-state index contributed by atoms with van der Waals surface area (Å²) >= 11 is 1.75. The lowest BCUT2D eigenvalue weighted by atomic mass is 9.83. The van der Waals surface area contributed by atoms with E-state index in [-0.39, 0.29) is 42.2 Å². The maximum Gasteiger partial charge on any atom is 0.472 e. The molecule has 0 aliphatic heterocycles. The van der Waals surface area contributed by atoms with E-state index in [2.05, 4.69) is 38.3 Å². The number of nitrogens with one attached hydrogen (secondary N) is 2. The van der Waals surface area contributed by atoms with Crippen molar-refractivity contribution in [3.05, 3.63) is 0 Å². The zero-order valence-corrected chi connectivity index (χ0v) is 25.4. The molecular weight excluding hydrogens is 503 g/mol. The van der Waals surface area contributed by atoms with Crippen LogP contribution < -0.4 is 10.6 Å². The van der Waals surface area contributed by atoms with Crippen molar-refractivity contribution in [2.24, 2.45) is 10.8 Å². The fraction of sp³-hybridized carbons (Fsp3) is 0.920. The third kappa shape index (κ3) is 16.3. The second-order valence-corrected chi connectivity index (χ2v) is 14.8. The summed E-state index contributed by atoms with van der Waals surface area (Å²) in [5, 5.41) is 15.8. The highest BCUT2D eigenvalue weighted by Gasteiger charge is 2.37. The Morgan fingerprint density at radius 3 is 2.14 bits per heavy atom. The van der Waals surface area contributed by atoms with E-state index in [4.69, 9.17) is 9.05 Å². The fourth-order valence-electron chi connectivity index (χ4n) is 3.14. The van der Waals surface area contributed by atoms with Crippen LogP contribution in [0.1, 0.15) is 93.9 Å². The van der Waals surface area contributed by atoms with Gasteiger partial charge >= 0.3 is 7.82 Å². The lowest BCUT2D eigenvalue weighted by molar-refractivity contribution is -0.137. The zero-order chi connectivity index (χ0) is 28.0. The topological polar surface area (TPSA) is 134 Å². The molecule has 0 aliphatic carbocycles. The Labute approximate surface area is 222 Å². The standard InChI is InChI=1S/C25H51N2O7PS/c1-9-11-12-14-25(8,10-2)19-34-35(31,32)33-18-24(6,7)21(29)22(30)27-15-13-20(28)26-16-17-36-23(3,4)5/h21,29H,9-19H2,1-8H3,(H,26,28)(H,27,30)(H,31,32). The molecule has 0 aromatic heterocycles. The SMILES string of the molecule is CCCCCC(C)(CC)COP(=O)(O)OCC(C)(C)C(O)C(=O)NCCC(=O)NCCSC(C)(C)C. The van der Waals surface area contributed by atoms with Crippen LogP contribution in [0.15, 0.2) is 0 Å². The Balaban J connectivity index is 4.50. The van der Waals surface area contributed by atoms with Crippen molar-refractivity contribution in [2.75, 3.05) is 32.1 Å². The number of unbranched alkanes of at least 4 members (excludes halogenated alkanes) is 2. The number of rotatable bonds is 19. The number of carbonyl (C=O) groups is 2. The molecule has 0 aliphatic rings. The molecule has 0 fully saturated rings. The number of thioether (sulfide) groups is 1. The van der Waals surface area contributed by atoms with Crippen LogP contribution in [0.25, 0.3) is 0 Å². The lowest BCUT2D eigenvalue weighted by Crippen LogP contribution is -2.46. The first-order chi connectivity index (χ1) is 16.5. The van der Waals surface area contributed by atoms with Gasteiger partial charge in [-0.25, -0.2) is 4.57 Å². The first-order valence-corrected chi connectivity index (χ1v) is 15.4. The molecule has 9 nitrogen and oxygen atoms in total. The molecule has 214 valence electrons. The average molecular weight is 555 g/mol. The van der Waals surface area contributed by atoms with Crippen molar-refractivity contribution >= 4 is 31.4 Å². The van der Waals surface area contributed by atoms with Crippen molar-refractivity contribution in [1.29, 1.82) is 0 Å². The van der Waals surface area contributed by atoms with E-state index >= 15 is 0 Å². The Bertz CT molecular complexity index is 715. The van der Waals surface area contributed by atoms with Gasteiger partial charge in [0.2, 0.25) is 11.8 Å². The lowest BCUT2D eigenvalue weighted by Gasteiger charge is -2.31. The van der Waals surface area contributed by atoms with E-state index in [9.17, 15) is 24.2 Å². The van der Waals surface area contributed by atoms with Gasteiger partial charge in [-0.05, 0) is 18.3 Å². The van der Waals surface area contributed by atoms with Gasteiger partial charge in [-0.2, -0.15) is 11.8 Å². The Morgan fingerprint density at radius 1 is 0.972 bits per heavy atom. The minimum atomic E-state index is -4.36. The summed E-state index contributed by atoms with van der Waals surface area (Å²) in [4.78, 5) is 34.4. The predicted octanol–water partition coefficient (Wildman–Crippen LogP) is 4.66. The minimum Gasteiger partial charge on any atom is -0.383 e. The second kappa shape index (κ2) is 16.4. The van der Waals surface area contributed by atoms with Gasteiger partial charge in [0, 0.05) is 35.4 Å². The largest absolute Gasteiger partial charge is 0.472 e. The summed E-state index contributed by atoms with van der Waals surface area (Å²) in [5.74, 6) is -0.0689. The van der Waals surface area contributed by atoms with E-state index in [1.807, 2.05) is 13.8 Å². The summed E-state index contributed by atoms with van der Waals surface area (Å²) in [6, 6.07) is 0. The van der Waals surface area contributed by atoms with Crippen LogP contribution in [-0.4, -0.2) is 64.7 Å². The smallest absolute Gasteiger partial charge is 0.383 e. The summed E-state index contributed by atoms with van der Waals surface area (Å²) in [5.41, 5.74) is -1.39. The van der Waals surface area contributed by atoms with Crippen LogP contribution in [0, 0.1) is 10.8 Å². The van der Waals surface area contributed by atoms with E-state index in [1.165, 1.54) is 0 Å². The van der Waals surface area contributed by atoms with Crippen molar-refractivity contribution in [2.45, 2.75) is 105 Å². The maximum absolute atomic E-state index is 12.4. The van der Waals surface area contributed by atoms with Crippen LogP contribution in [0.2, 0.25) is 0 Å². The minimum absolute atomic E-state index is 0.0698. The summed E-state index contributed by atoms with van der Waals surface area (Å²) in [6.45, 7) is 15.9. The van der Waals surface area contributed by atoms with Crippen LogP contribution in [0.3, 0.4) is 0 Å². The van der Waals surface area contributed by atoms with Crippen molar-refractivity contribution in [3.8, 4) is 0 Å². The van der Waals surface area contributed by atoms with Crippen LogP contribution >= 0.6 is 19.6 Å². The van der Waals surface area contributed by atoms with E-state index in [0.29, 0.717) is 6.54 Å². The molecule has 3 atom stereocenters. The molecule has 0 radical (unpaired) electrons. The Hall–Kier alpha value is -0.640. The molecular formula is C25H51N2O7PS. The number of hydrogen-bond donors (Lipinski definition) is 4. The Kier molecular flexibility index (Phi) is 16.1. The van der Waals surface area contributed by atoms with E-state index in [0.717, 1.165) is 37.9 Å². The van der Waals surface area contributed by atoms with E-state index < -0.39 is 25.2 Å². The highest BCUT2D eigenvalue weighted by molar-refractivity contribution is 8.00. The van der Waals surface area contributed by atoms with Gasteiger partial charge in [0.1, 0.15) is 6.10 Å². The number of hydrogen-bond acceptors (Lipinski definition) is 7.